The van der Waals surface area contributed by atoms with Gasteiger partial charge >= 0.3 is 0 Å². The van der Waals surface area contributed by atoms with Crippen LogP contribution >= 0.6 is 15.2 Å². The van der Waals surface area contributed by atoms with Gasteiger partial charge in [-0.15, -0.1) is 0 Å². The molecule has 0 aromatic rings. The van der Waals surface area contributed by atoms with Crippen LogP contribution in [0.25, 0.3) is 0 Å². The number of rotatable bonds is 18. The van der Waals surface area contributed by atoms with Crippen LogP contribution in [0.5, 0.6) is 0 Å². The van der Waals surface area contributed by atoms with E-state index in [0.29, 0.717) is 6.61 Å². The molecule has 1 atom stereocenters. The summed E-state index contributed by atoms with van der Waals surface area (Å²) in [5.74, 6) is 0. The quantitative estimate of drug-likeness (QED) is 0.200. The highest BCUT2D eigenvalue weighted by atomic mass is 32.1. The van der Waals surface area contributed by atoms with Gasteiger partial charge in [0.15, 0.2) is 0 Å². The summed E-state index contributed by atoms with van der Waals surface area (Å²) in [7, 11) is 1.27. The van der Waals surface area contributed by atoms with Crippen LogP contribution in [0.15, 0.2) is 0 Å². The maximum atomic E-state index is 8.96. The van der Waals surface area contributed by atoms with Crippen molar-refractivity contribution < 1.29 is 5.11 Å². The summed E-state index contributed by atoms with van der Waals surface area (Å²) < 4.78 is 0. The number of aliphatic hydroxyl groups excluding tert-OH is 1. The van der Waals surface area contributed by atoms with E-state index in [1.807, 2.05) is 0 Å². The van der Waals surface area contributed by atoms with Gasteiger partial charge in [-0.2, -0.15) is 0 Å². The minimum atomic E-state index is -0.669. The fourth-order valence-electron chi connectivity index (χ4n) is 3.30. The maximum Gasteiger partial charge on any atom is 0.0614 e. The van der Waals surface area contributed by atoms with Gasteiger partial charge in [-0.3, -0.25) is 0 Å². The largest absolute Gasteiger partial charge is 0.396 e. The molecule has 140 valence electrons. The molecule has 0 rings (SSSR count). The molecule has 0 aliphatic carbocycles. The average Bonchev–Trinajstić information content (AvgIpc) is 2.55. The smallest absolute Gasteiger partial charge is 0.0614 e. The lowest BCUT2D eigenvalue weighted by Gasteiger charge is -2.28. The van der Waals surface area contributed by atoms with E-state index in [9.17, 15) is 0 Å². The van der Waals surface area contributed by atoms with E-state index in [0.717, 1.165) is 6.42 Å². The zero-order valence-electron chi connectivity index (χ0n) is 16.4. The second-order valence-corrected chi connectivity index (χ2v) is 15.4. The summed E-state index contributed by atoms with van der Waals surface area (Å²) in [5.41, 5.74) is 0. The molecule has 0 aliphatic heterocycles. The predicted octanol–water partition coefficient (Wildman–Crippen LogP) is 7.33. The van der Waals surface area contributed by atoms with Crippen molar-refractivity contribution >= 4 is 15.2 Å². The summed E-state index contributed by atoms with van der Waals surface area (Å²) in [6.07, 6.45) is 22.7. The summed E-state index contributed by atoms with van der Waals surface area (Å²) in [6.45, 7) is 6.73. The molecule has 0 aliphatic rings. The van der Waals surface area contributed by atoms with E-state index in [1.54, 1.807) is 18.5 Å². The van der Waals surface area contributed by atoms with Gasteiger partial charge in [-0.05, 0) is 32.1 Å². The fourth-order valence-corrected chi connectivity index (χ4v) is 12.6. The molecular weight excluding hydrogens is 318 g/mol. The first-order valence-electron chi connectivity index (χ1n) is 10.5. The minimum Gasteiger partial charge on any atom is -0.396 e. The van der Waals surface area contributed by atoms with Crippen LogP contribution in [-0.4, -0.2) is 36.4 Å². The first-order chi connectivity index (χ1) is 11.2. The van der Waals surface area contributed by atoms with E-state index in [4.69, 9.17) is 5.11 Å². The number of hydrogen-bond acceptors (Lipinski definition) is 1. The van der Waals surface area contributed by atoms with Crippen LogP contribution < -0.4 is 0 Å². The maximum absolute atomic E-state index is 8.96. The molecule has 23 heavy (non-hydrogen) atoms. The summed E-state index contributed by atoms with van der Waals surface area (Å²) in [5, 5.41) is 8.96. The Morgan fingerprint density at radius 2 is 1.09 bits per heavy atom. The molecule has 1 N–H and O–H groups in total. The summed E-state index contributed by atoms with van der Waals surface area (Å²) >= 11 is 0. The molecule has 0 amide bonds. The molecule has 0 saturated heterocycles. The first kappa shape index (κ1) is 23.8. The second kappa shape index (κ2) is 17.6. The van der Waals surface area contributed by atoms with Crippen molar-refractivity contribution in [2.24, 2.45) is 0 Å². The van der Waals surface area contributed by atoms with Gasteiger partial charge < -0.3 is 5.11 Å². The van der Waals surface area contributed by atoms with Crippen LogP contribution in [0.3, 0.4) is 0 Å². The van der Waals surface area contributed by atoms with E-state index in [2.05, 4.69) is 20.8 Å². The molecule has 0 spiro atoms. The zero-order chi connectivity index (χ0) is 17.2. The van der Waals surface area contributed by atoms with Crippen molar-refractivity contribution in [3.63, 3.8) is 0 Å². The Morgan fingerprint density at radius 3 is 1.48 bits per heavy atom. The average molecular weight is 364 g/mol. The lowest BCUT2D eigenvalue weighted by atomic mass is 10.3. The molecule has 0 aromatic heterocycles. The lowest BCUT2D eigenvalue weighted by Crippen LogP contribution is -2.06. The molecular formula is C20H45OP2+. The van der Waals surface area contributed by atoms with Gasteiger partial charge in [0.1, 0.15) is 0 Å². The fraction of sp³-hybridized carbons (Fsp3) is 1.00. The second-order valence-electron chi connectivity index (χ2n) is 7.13. The SMILES string of the molecule is CCCCC[P+](CCCCC)(CCCCC)PCCCCCO. The van der Waals surface area contributed by atoms with E-state index < -0.39 is 6.95 Å². The topological polar surface area (TPSA) is 20.2 Å². The zero-order valence-corrected chi connectivity index (χ0v) is 18.3. The number of aliphatic hydroxyl groups is 1. The number of hydrogen-bond donors (Lipinski definition) is 1. The Balaban J connectivity index is 4.52. The van der Waals surface area contributed by atoms with Crippen LogP contribution in [0.4, 0.5) is 0 Å². The van der Waals surface area contributed by atoms with Gasteiger partial charge in [0, 0.05) is 28.0 Å². The lowest BCUT2D eigenvalue weighted by molar-refractivity contribution is 0.284. The van der Waals surface area contributed by atoms with E-state index >= 15 is 0 Å². The minimum absolute atomic E-state index is 0.382. The van der Waals surface area contributed by atoms with Gasteiger partial charge in [0.05, 0.1) is 18.5 Å². The Hall–Kier alpha value is 0.820. The molecule has 1 nitrogen and oxygen atoms in total. The van der Waals surface area contributed by atoms with Crippen LogP contribution in [-0.2, 0) is 0 Å². The first-order valence-corrected chi connectivity index (χ1v) is 14.9. The standard InChI is InChI=1S/C20H45OP2/c1-4-7-13-18-23(19-14-8-5-2,20-15-9-6-3)22-17-12-10-11-16-21/h21-22H,4-20H2,1-3H3/q+1. The van der Waals surface area contributed by atoms with Crippen molar-refractivity contribution in [2.75, 3.05) is 31.3 Å². The summed E-state index contributed by atoms with van der Waals surface area (Å²) in [4.78, 5) is 0. The van der Waals surface area contributed by atoms with E-state index in [1.165, 1.54) is 85.1 Å². The third-order valence-corrected chi connectivity index (χ3v) is 14.3. The third-order valence-electron chi connectivity index (χ3n) is 4.85. The van der Waals surface area contributed by atoms with Gasteiger partial charge in [-0.25, -0.2) is 0 Å². The van der Waals surface area contributed by atoms with Gasteiger partial charge in [0.2, 0.25) is 0 Å². The highest BCUT2D eigenvalue weighted by Gasteiger charge is 2.35. The van der Waals surface area contributed by atoms with Crippen LogP contribution in [0.2, 0.25) is 0 Å². The van der Waals surface area contributed by atoms with Gasteiger partial charge in [0.25, 0.3) is 0 Å². The van der Waals surface area contributed by atoms with Crippen molar-refractivity contribution in [3.8, 4) is 0 Å². The number of unbranched alkanes of at least 4 members (excludes halogenated alkanes) is 8. The van der Waals surface area contributed by atoms with Crippen LogP contribution in [0.1, 0.15) is 97.8 Å². The van der Waals surface area contributed by atoms with Crippen molar-refractivity contribution in [1.82, 2.24) is 0 Å². The molecule has 0 saturated carbocycles. The third kappa shape index (κ3) is 13.8. The molecule has 0 aromatic carbocycles. The Labute approximate surface area is 149 Å². The van der Waals surface area contributed by atoms with Gasteiger partial charge in [-0.1, -0.05) is 65.7 Å². The molecule has 0 fully saturated rings. The van der Waals surface area contributed by atoms with Crippen LogP contribution in [0, 0.1) is 0 Å². The van der Waals surface area contributed by atoms with E-state index in [-0.39, 0.29) is 0 Å². The van der Waals surface area contributed by atoms with Crippen molar-refractivity contribution in [2.45, 2.75) is 97.8 Å². The monoisotopic (exact) mass is 363 g/mol. The highest BCUT2D eigenvalue weighted by molar-refractivity contribution is 8.31. The van der Waals surface area contributed by atoms with Crippen molar-refractivity contribution in [1.29, 1.82) is 0 Å². The molecule has 0 bridgehead atoms. The molecule has 3 heteroatoms. The molecule has 1 unspecified atom stereocenters. The Morgan fingerprint density at radius 1 is 0.609 bits per heavy atom. The predicted molar refractivity (Wildman–Crippen MR) is 114 cm³/mol. The molecule has 0 radical (unpaired) electrons. The Bertz CT molecular complexity index is 207. The summed E-state index contributed by atoms with van der Waals surface area (Å²) in [6, 6.07) is 0. The highest BCUT2D eigenvalue weighted by Crippen LogP contribution is 2.75. The normalized spacial score (nSPS) is 12.5. The molecule has 0 heterocycles. The Kier molecular flexibility index (Phi) is 18.3. The van der Waals surface area contributed by atoms with Crippen molar-refractivity contribution in [3.05, 3.63) is 0 Å².